The van der Waals surface area contributed by atoms with Gasteiger partial charge in [0.05, 0.1) is 17.5 Å². The van der Waals surface area contributed by atoms with E-state index in [-0.39, 0.29) is 17.5 Å². The van der Waals surface area contributed by atoms with Crippen LogP contribution in [0.1, 0.15) is 38.3 Å². The van der Waals surface area contributed by atoms with Crippen molar-refractivity contribution in [2.45, 2.75) is 58.0 Å². The summed E-state index contributed by atoms with van der Waals surface area (Å²) in [6, 6.07) is 18.8. The molecule has 31 heavy (non-hydrogen) atoms. The van der Waals surface area contributed by atoms with Crippen molar-refractivity contribution in [3.63, 3.8) is 0 Å². The Morgan fingerprint density at radius 1 is 1.00 bits per heavy atom. The van der Waals surface area contributed by atoms with Gasteiger partial charge in [0.25, 0.3) is 0 Å². The van der Waals surface area contributed by atoms with Crippen molar-refractivity contribution in [1.82, 2.24) is 10.2 Å². The van der Waals surface area contributed by atoms with Crippen molar-refractivity contribution in [2.75, 3.05) is 11.5 Å². The lowest BCUT2D eigenvalue weighted by Crippen LogP contribution is -2.54. The maximum atomic E-state index is 13.0. The van der Waals surface area contributed by atoms with Gasteiger partial charge in [-0.05, 0) is 38.3 Å². The van der Waals surface area contributed by atoms with E-state index in [0.29, 0.717) is 19.5 Å². The number of ether oxygens (including phenoxy) is 1. The fourth-order valence-electron chi connectivity index (χ4n) is 3.79. The van der Waals surface area contributed by atoms with Crippen LogP contribution in [0.15, 0.2) is 60.7 Å². The number of rotatable bonds is 6. The monoisotopic (exact) mass is 444 g/mol. The van der Waals surface area contributed by atoms with Gasteiger partial charge in [-0.3, -0.25) is 4.90 Å². The molecule has 1 saturated heterocycles. The minimum absolute atomic E-state index is 0.0530. The maximum absolute atomic E-state index is 13.0. The molecule has 1 heterocycles. The van der Waals surface area contributed by atoms with E-state index in [4.69, 9.17) is 4.74 Å². The van der Waals surface area contributed by atoms with Crippen molar-refractivity contribution in [3.8, 4) is 0 Å². The molecule has 0 bridgehead atoms. The summed E-state index contributed by atoms with van der Waals surface area (Å²) in [5.41, 5.74) is 1.37. The second kappa shape index (κ2) is 9.83. The lowest BCUT2D eigenvalue weighted by atomic mass is 10.1. The summed E-state index contributed by atoms with van der Waals surface area (Å²) >= 11 is 0. The third-order valence-corrected chi connectivity index (χ3v) is 6.96. The molecule has 168 valence electrons. The van der Waals surface area contributed by atoms with E-state index in [9.17, 15) is 13.2 Å². The van der Waals surface area contributed by atoms with Crippen LogP contribution < -0.4 is 5.32 Å². The fraction of sp³-hybridized carbons (Fsp3) is 0.458. The summed E-state index contributed by atoms with van der Waals surface area (Å²) in [7, 11) is -3.31. The molecule has 2 atom stereocenters. The zero-order valence-corrected chi connectivity index (χ0v) is 19.3. The number of amides is 1. The number of nitrogens with zero attached hydrogens (tertiary/aromatic N) is 1. The van der Waals surface area contributed by atoms with E-state index in [2.05, 4.69) is 5.32 Å². The van der Waals surface area contributed by atoms with Crippen LogP contribution in [0.3, 0.4) is 0 Å². The summed E-state index contributed by atoms with van der Waals surface area (Å²) in [6.07, 6.45) is 0.0678. The van der Waals surface area contributed by atoms with Crippen molar-refractivity contribution >= 4 is 15.9 Å². The highest BCUT2D eigenvalue weighted by Gasteiger charge is 2.38. The van der Waals surface area contributed by atoms with E-state index >= 15 is 0 Å². The summed E-state index contributed by atoms with van der Waals surface area (Å²) in [5.74, 6) is 0.0203. The normalized spacial score (nSPS) is 20.7. The summed E-state index contributed by atoms with van der Waals surface area (Å²) in [5, 5.41) is 3.37. The van der Waals surface area contributed by atoms with E-state index in [1.54, 1.807) is 4.90 Å². The molecule has 1 fully saturated rings. The van der Waals surface area contributed by atoms with Crippen molar-refractivity contribution in [2.24, 2.45) is 0 Å². The summed E-state index contributed by atoms with van der Waals surface area (Å²) in [4.78, 5) is 14.6. The molecule has 0 radical (unpaired) electrons. The standard InChI is InChI=1S/C24H32N2O4S/c1-24(2,3)30-23(27)26(16-20-12-8-5-9-13-20)22-14-21(17-31(28,29)18-22)25-15-19-10-6-4-7-11-19/h4-13,21-22,25H,14-18H2,1-3H3. The number of carbonyl (C=O) groups is 1. The Balaban J connectivity index is 1.79. The number of benzene rings is 2. The minimum atomic E-state index is -3.31. The molecule has 2 aromatic carbocycles. The largest absolute Gasteiger partial charge is 0.444 e. The second-order valence-corrected chi connectivity index (χ2v) is 11.3. The van der Waals surface area contributed by atoms with Gasteiger partial charge in [-0.2, -0.15) is 0 Å². The average molecular weight is 445 g/mol. The predicted molar refractivity (Wildman–Crippen MR) is 122 cm³/mol. The third-order valence-electron chi connectivity index (χ3n) is 5.16. The molecule has 7 heteroatoms. The first-order valence-corrected chi connectivity index (χ1v) is 12.4. The van der Waals surface area contributed by atoms with Gasteiger partial charge >= 0.3 is 6.09 Å². The number of nitrogens with one attached hydrogen (secondary N) is 1. The highest BCUT2D eigenvalue weighted by molar-refractivity contribution is 7.91. The van der Waals surface area contributed by atoms with Gasteiger partial charge < -0.3 is 10.1 Å². The molecule has 0 spiro atoms. The fourth-order valence-corrected chi connectivity index (χ4v) is 5.70. The van der Waals surface area contributed by atoms with E-state index in [1.165, 1.54) is 0 Å². The third kappa shape index (κ3) is 7.36. The molecule has 1 aliphatic heterocycles. The Hall–Kier alpha value is -2.38. The molecule has 1 aliphatic rings. The van der Waals surface area contributed by atoms with Crippen LogP contribution in [0.4, 0.5) is 4.79 Å². The first kappa shape index (κ1) is 23.3. The molecular formula is C24H32N2O4S. The Labute approximate surface area is 185 Å². The average Bonchev–Trinajstić information content (AvgIpc) is 2.69. The summed E-state index contributed by atoms with van der Waals surface area (Å²) in [6.45, 7) is 6.33. The molecule has 6 nitrogen and oxygen atoms in total. The molecule has 0 aliphatic carbocycles. The maximum Gasteiger partial charge on any atom is 0.410 e. The van der Waals surface area contributed by atoms with Crippen molar-refractivity contribution < 1.29 is 17.9 Å². The van der Waals surface area contributed by atoms with Gasteiger partial charge in [-0.15, -0.1) is 0 Å². The van der Waals surface area contributed by atoms with Crippen molar-refractivity contribution in [3.05, 3.63) is 71.8 Å². The molecular weight excluding hydrogens is 412 g/mol. The predicted octanol–water partition coefficient (Wildman–Crippen LogP) is 3.77. The Kier molecular flexibility index (Phi) is 7.38. The van der Waals surface area contributed by atoms with E-state index < -0.39 is 27.6 Å². The molecule has 2 unspecified atom stereocenters. The molecule has 1 N–H and O–H groups in total. The van der Waals surface area contributed by atoms with Crippen LogP contribution in [-0.4, -0.2) is 48.6 Å². The molecule has 1 amide bonds. The van der Waals surface area contributed by atoms with Crippen LogP contribution in [0.25, 0.3) is 0 Å². The van der Waals surface area contributed by atoms with Crippen molar-refractivity contribution in [1.29, 1.82) is 0 Å². The quantitative estimate of drug-likeness (QED) is 0.734. The van der Waals surface area contributed by atoms with Gasteiger partial charge in [-0.25, -0.2) is 13.2 Å². The highest BCUT2D eigenvalue weighted by atomic mass is 32.2. The van der Waals surface area contributed by atoms with Crippen LogP contribution >= 0.6 is 0 Å². The van der Waals surface area contributed by atoms with Crippen LogP contribution in [0.5, 0.6) is 0 Å². The van der Waals surface area contributed by atoms with E-state index in [0.717, 1.165) is 11.1 Å². The molecule has 0 aromatic heterocycles. The Morgan fingerprint density at radius 2 is 1.58 bits per heavy atom. The minimum Gasteiger partial charge on any atom is -0.444 e. The highest BCUT2D eigenvalue weighted by Crippen LogP contribution is 2.23. The zero-order chi connectivity index (χ0) is 22.5. The molecule has 3 rings (SSSR count). The Morgan fingerprint density at radius 3 is 2.16 bits per heavy atom. The number of carbonyl (C=O) groups excluding carboxylic acids is 1. The second-order valence-electron chi connectivity index (χ2n) is 9.12. The lowest BCUT2D eigenvalue weighted by molar-refractivity contribution is 0.0140. The first-order valence-electron chi connectivity index (χ1n) is 10.6. The van der Waals surface area contributed by atoms with Gasteiger partial charge in [0.1, 0.15) is 5.60 Å². The topological polar surface area (TPSA) is 75.7 Å². The SMILES string of the molecule is CC(C)(C)OC(=O)N(Cc1ccccc1)C1CC(NCc2ccccc2)CS(=O)(=O)C1. The van der Waals surface area contributed by atoms with Gasteiger partial charge in [0.15, 0.2) is 9.84 Å². The molecule has 0 saturated carbocycles. The zero-order valence-electron chi connectivity index (χ0n) is 18.5. The summed E-state index contributed by atoms with van der Waals surface area (Å²) < 4.78 is 31.1. The molecule has 2 aromatic rings. The van der Waals surface area contributed by atoms with Gasteiger partial charge in [0, 0.05) is 19.1 Å². The van der Waals surface area contributed by atoms with E-state index in [1.807, 2.05) is 81.4 Å². The van der Waals surface area contributed by atoms with Gasteiger partial charge in [-0.1, -0.05) is 60.7 Å². The lowest BCUT2D eigenvalue weighted by Gasteiger charge is -2.38. The first-order chi connectivity index (χ1) is 14.6. The van der Waals surface area contributed by atoms with Crippen LogP contribution in [0, 0.1) is 0 Å². The van der Waals surface area contributed by atoms with Crippen LogP contribution in [-0.2, 0) is 27.7 Å². The number of sulfone groups is 1. The van der Waals surface area contributed by atoms with Crippen LogP contribution in [0.2, 0.25) is 0 Å². The van der Waals surface area contributed by atoms with Gasteiger partial charge in [0.2, 0.25) is 0 Å². The number of hydrogen-bond acceptors (Lipinski definition) is 5. The Bertz CT molecular complexity index is 956. The smallest absolute Gasteiger partial charge is 0.410 e. The number of hydrogen-bond donors (Lipinski definition) is 1.